The van der Waals surface area contributed by atoms with Crippen molar-refractivity contribution in [3.63, 3.8) is 0 Å². The first-order chi connectivity index (χ1) is 8.78. The molecule has 0 saturated heterocycles. The van der Waals surface area contributed by atoms with Gasteiger partial charge in [-0.2, -0.15) is 0 Å². The molecule has 1 aromatic carbocycles. The zero-order chi connectivity index (χ0) is 12.5. The van der Waals surface area contributed by atoms with E-state index in [0.29, 0.717) is 29.7 Å². The van der Waals surface area contributed by atoms with Crippen LogP contribution in [0.3, 0.4) is 0 Å². The molecule has 0 amide bonds. The summed E-state index contributed by atoms with van der Waals surface area (Å²) in [5, 5.41) is 0.583. The normalized spacial score (nSPS) is 10.9. The fourth-order valence-corrected chi connectivity index (χ4v) is 2.03. The molecule has 0 spiro atoms. The lowest BCUT2D eigenvalue weighted by atomic mass is 10.2. The third-order valence-corrected chi connectivity index (χ3v) is 2.89. The first-order valence-corrected chi connectivity index (χ1v) is 5.55. The molecule has 3 rings (SSSR count). The largest absolute Gasteiger partial charge is 0.456 e. The van der Waals surface area contributed by atoms with E-state index in [0.717, 1.165) is 5.52 Å². The number of halogens is 1. The number of aldehydes is 1. The van der Waals surface area contributed by atoms with Gasteiger partial charge in [0, 0.05) is 11.6 Å². The molecule has 2 aromatic heterocycles. The maximum atomic E-state index is 13.5. The molecule has 0 aliphatic rings. The molecule has 0 fully saturated rings. The molecule has 0 N–H and O–H groups in total. The molecule has 4 heteroatoms. The second-order valence-electron chi connectivity index (χ2n) is 4.04. The smallest absolute Gasteiger partial charge is 0.185 e. The van der Waals surface area contributed by atoms with Gasteiger partial charge in [0.25, 0.3) is 0 Å². The van der Waals surface area contributed by atoms with Gasteiger partial charge in [0.2, 0.25) is 0 Å². The van der Waals surface area contributed by atoms with Crippen molar-refractivity contribution in [1.82, 2.24) is 4.57 Å². The molecule has 2 heterocycles. The number of fused-ring (bicyclic) bond motifs is 1. The van der Waals surface area contributed by atoms with Crippen LogP contribution in [0.1, 0.15) is 16.3 Å². The molecular formula is C14H10FNO2. The van der Waals surface area contributed by atoms with Gasteiger partial charge in [-0.05, 0) is 30.3 Å². The van der Waals surface area contributed by atoms with E-state index in [1.54, 1.807) is 30.5 Å². The summed E-state index contributed by atoms with van der Waals surface area (Å²) in [6.45, 7) is 0.473. The Morgan fingerprint density at radius 2 is 2.11 bits per heavy atom. The highest BCUT2D eigenvalue weighted by molar-refractivity contribution is 5.80. The van der Waals surface area contributed by atoms with Gasteiger partial charge in [0.15, 0.2) is 12.0 Å². The lowest BCUT2D eigenvalue weighted by Gasteiger charge is -2.02. The number of hydrogen-bond acceptors (Lipinski definition) is 2. The standard InChI is InChI=1S/C14H10FNO2/c15-13-2-1-3-14-12(13)6-7-16(14)8-10-4-5-11(9-17)18-10/h1-7,9H,8H2. The van der Waals surface area contributed by atoms with E-state index < -0.39 is 0 Å². The van der Waals surface area contributed by atoms with Crippen LogP contribution in [0.2, 0.25) is 0 Å². The Morgan fingerprint density at radius 3 is 2.89 bits per heavy atom. The maximum Gasteiger partial charge on any atom is 0.185 e. The Morgan fingerprint density at radius 1 is 1.22 bits per heavy atom. The third kappa shape index (κ3) is 1.72. The average Bonchev–Trinajstić information content (AvgIpc) is 2.98. The zero-order valence-corrected chi connectivity index (χ0v) is 9.47. The van der Waals surface area contributed by atoms with Gasteiger partial charge in [-0.15, -0.1) is 0 Å². The summed E-state index contributed by atoms with van der Waals surface area (Å²) < 4.78 is 20.7. The van der Waals surface area contributed by atoms with Crippen LogP contribution in [0.5, 0.6) is 0 Å². The van der Waals surface area contributed by atoms with Gasteiger partial charge in [0.1, 0.15) is 11.6 Å². The van der Waals surface area contributed by atoms with Crippen LogP contribution in [-0.4, -0.2) is 10.9 Å². The molecular weight excluding hydrogens is 233 g/mol. The molecule has 0 aliphatic carbocycles. The van der Waals surface area contributed by atoms with Gasteiger partial charge >= 0.3 is 0 Å². The van der Waals surface area contributed by atoms with Crippen molar-refractivity contribution in [2.75, 3.05) is 0 Å². The second-order valence-corrected chi connectivity index (χ2v) is 4.04. The van der Waals surface area contributed by atoms with E-state index in [1.807, 2.05) is 10.6 Å². The minimum atomic E-state index is -0.237. The van der Waals surface area contributed by atoms with Crippen molar-refractivity contribution in [2.24, 2.45) is 0 Å². The Kier molecular flexibility index (Phi) is 2.48. The quantitative estimate of drug-likeness (QED) is 0.662. The molecule has 18 heavy (non-hydrogen) atoms. The Bertz CT molecular complexity index is 711. The number of carbonyl (C=O) groups excluding carboxylic acids is 1. The Hall–Kier alpha value is -2.36. The minimum absolute atomic E-state index is 0.237. The van der Waals surface area contributed by atoms with Crippen LogP contribution in [0.4, 0.5) is 4.39 Å². The zero-order valence-electron chi connectivity index (χ0n) is 9.47. The van der Waals surface area contributed by atoms with Crippen molar-refractivity contribution in [3.05, 3.63) is 59.9 Å². The predicted molar refractivity (Wildman–Crippen MR) is 65.1 cm³/mol. The summed E-state index contributed by atoms with van der Waals surface area (Å²) in [6, 6.07) is 10.1. The summed E-state index contributed by atoms with van der Waals surface area (Å²) in [6.07, 6.45) is 2.47. The maximum absolute atomic E-state index is 13.5. The summed E-state index contributed by atoms with van der Waals surface area (Å²) in [5.41, 5.74) is 0.805. The van der Waals surface area contributed by atoms with E-state index in [2.05, 4.69) is 0 Å². The van der Waals surface area contributed by atoms with Crippen molar-refractivity contribution >= 4 is 17.2 Å². The van der Waals surface area contributed by atoms with E-state index in [4.69, 9.17) is 4.42 Å². The topological polar surface area (TPSA) is 35.1 Å². The van der Waals surface area contributed by atoms with Crippen molar-refractivity contribution < 1.29 is 13.6 Å². The van der Waals surface area contributed by atoms with Crippen LogP contribution in [0.25, 0.3) is 10.9 Å². The van der Waals surface area contributed by atoms with Crippen molar-refractivity contribution in [2.45, 2.75) is 6.54 Å². The number of nitrogens with zero attached hydrogens (tertiary/aromatic N) is 1. The minimum Gasteiger partial charge on any atom is -0.456 e. The molecule has 0 atom stereocenters. The molecule has 0 saturated carbocycles. The van der Waals surface area contributed by atoms with Crippen molar-refractivity contribution in [1.29, 1.82) is 0 Å². The lowest BCUT2D eigenvalue weighted by molar-refractivity contribution is 0.109. The van der Waals surface area contributed by atoms with Crippen molar-refractivity contribution in [3.8, 4) is 0 Å². The van der Waals surface area contributed by atoms with Gasteiger partial charge in [-0.3, -0.25) is 4.79 Å². The second kappa shape index (κ2) is 4.14. The average molecular weight is 243 g/mol. The molecule has 0 bridgehead atoms. The molecule has 3 nitrogen and oxygen atoms in total. The summed E-state index contributed by atoms with van der Waals surface area (Å²) >= 11 is 0. The molecule has 3 aromatic rings. The van der Waals surface area contributed by atoms with E-state index in [-0.39, 0.29) is 5.82 Å². The number of carbonyl (C=O) groups is 1. The van der Waals surface area contributed by atoms with E-state index >= 15 is 0 Å². The summed E-state index contributed by atoms with van der Waals surface area (Å²) in [7, 11) is 0. The van der Waals surface area contributed by atoms with E-state index in [1.165, 1.54) is 6.07 Å². The van der Waals surface area contributed by atoms with Crippen LogP contribution < -0.4 is 0 Å². The molecule has 0 unspecified atom stereocenters. The predicted octanol–water partition coefficient (Wildman–Crippen LogP) is 3.23. The van der Waals surface area contributed by atoms with Crippen LogP contribution in [0, 0.1) is 5.82 Å². The first-order valence-electron chi connectivity index (χ1n) is 5.55. The number of benzene rings is 1. The number of aromatic nitrogens is 1. The van der Waals surface area contributed by atoms with Gasteiger partial charge < -0.3 is 8.98 Å². The Balaban J connectivity index is 2.00. The molecule has 0 aliphatic heterocycles. The fraction of sp³-hybridized carbons (Fsp3) is 0.0714. The van der Waals surface area contributed by atoms with Crippen LogP contribution >= 0.6 is 0 Å². The lowest BCUT2D eigenvalue weighted by Crippen LogP contribution is -1.96. The van der Waals surface area contributed by atoms with Crippen LogP contribution in [-0.2, 0) is 6.54 Å². The van der Waals surface area contributed by atoms with Gasteiger partial charge in [-0.1, -0.05) is 6.07 Å². The highest BCUT2D eigenvalue weighted by Gasteiger charge is 2.07. The Labute approximate surface area is 102 Å². The third-order valence-electron chi connectivity index (χ3n) is 2.89. The number of hydrogen-bond donors (Lipinski definition) is 0. The summed E-state index contributed by atoms with van der Waals surface area (Å²) in [4.78, 5) is 10.5. The highest BCUT2D eigenvalue weighted by Crippen LogP contribution is 2.20. The number of furan rings is 1. The SMILES string of the molecule is O=Cc1ccc(Cn2ccc3c(F)cccc32)o1. The fourth-order valence-electron chi connectivity index (χ4n) is 2.03. The van der Waals surface area contributed by atoms with E-state index in [9.17, 15) is 9.18 Å². The molecule has 90 valence electrons. The monoisotopic (exact) mass is 243 g/mol. The highest BCUT2D eigenvalue weighted by atomic mass is 19.1. The number of rotatable bonds is 3. The van der Waals surface area contributed by atoms with Gasteiger partial charge in [-0.25, -0.2) is 4.39 Å². The molecule has 0 radical (unpaired) electrons. The van der Waals surface area contributed by atoms with Crippen LogP contribution in [0.15, 0.2) is 47.0 Å². The first kappa shape index (κ1) is 10.8. The van der Waals surface area contributed by atoms with Gasteiger partial charge in [0.05, 0.1) is 12.1 Å². The summed E-state index contributed by atoms with van der Waals surface area (Å²) in [5.74, 6) is 0.728.